The summed E-state index contributed by atoms with van der Waals surface area (Å²) in [6.45, 7) is 9.12. The Kier molecular flexibility index (Phi) is 7.93. The first-order valence-corrected chi connectivity index (χ1v) is 13.7. The number of amides is 1. The third-order valence-corrected chi connectivity index (χ3v) is 7.34. The highest BCUT2D eigenvalue weighted by molar-refractivity contribution is 6.30. The number of carbonyl (C=O) groups is 1. The quantitative estimate of drug-likeness (QED) is 0.304. The van der Waals surface area contributed by atoms with Crippen molar-refractivity contribution in [2.75, 3.05) is 36.0 Å². The van der Waals surface area contributed by atoms with Crippen molar-refractivity contribution in [1.29, 1.82) is 0 Å². The Bertz CT molecular complexity index is 1470. The minimum absolute atomic E-state index is 0.203. The molecule has 0 saturated carbocycles. The van der Waals surface area contributed by atoms with Crippen molar-refractivity contribution in [2.24, 2.45) is 0 Å². The maximum Gasteiger partial charge on any atom is 0.270 e. The molecule has 9 heteroatoms. The summed E-state index contributed by atoms with van der Waals surface area (Å²) in [6, 6.07) is 17.0. The number of halogens is 2. The molecule has 1 atom stereocenters. The standard InChI is InChI=1S/C30H33ClFN5O2/c1-4-26-29(37-19-22(31)7-13-28(37)34-26)30(38)33-17-21-6-12-27(25(32)16-21)35-14-15-36(20(3)18-35)23-8-10-24(11-9-23)39-5-2/h6-13,16,19-20H,4-5,14-15,17-18H2,1-3H3,(H,33,38)/t20-/m0/s1. The predicted molar refractivity (Wildman–Crippen MR) is 154 cm³/mol. The summed E-state index contributed by atoms with van der Waals surface area (Å²) in [6.07, 6.45) is 2.29. The van der Waals surface area contributed by atoms with Crippen molar-refractivity contribution in [3.8, 4) is 5.75 Å². The van der Waals surface area contributed by atoms with Gasteiger partial charge in [-0.1, -0.05) is 24.6 Å². The van der Waals surface area contributed by atoms with E-state index in [1.807, 2.05) is 38.1 Å². The first kappa shape index (κ1) is 26.8. The van der Waals surface area contributed by atoms with Crippen molar-refractivity contribution in [1.82, 2.24) is 14.7 Å². The predicted octanol–water partition coefficient (Wildman–Crippen LogP) is 5.73. The largest absolute Gasteiger partial charge is 0.494 e. The number of pyridine rings is 1. The van der Waals surface area contributed by atoms with Crippen LogP contribution in [0.3, 0.4) is 0 Å². The van der Waals surface area contributed by atoms with Crippen LogP contribution in [0.2, 0.25) is 5.02 Å². The molecule has 0 spiro atoms. The van der Waals surface area contributed by atoms with Gasteiger partial charge in [0, 0.05) is 44.1 Å². The van der Waals surface area contributed by atoms with E-state index < -0.39 is 0 Å². The molecule has 0 aliphatic carbocycles. The number of hydrogen-bond acceptors (Lipinski definition) is 5. The average Bonchev–Trinajstić information content (AvgIpc) is 3.30. The molecule has 2 aromatic heterocycles. The Morgan fingerprint density at radius 2 is 1.92 bits per heavy atom. The van der Waals surface area contributed by atoms with Crippen LogP contribution in [0.5, 0.6) is 5.75 Å². The van der Waals surface area contributed by atoms with Gasteiger partial charge in [-0.25, -0.2) is 9.37 Å². The summed E-state index contributed by atoms with van der Waals surface area (Å²) >= 11 is 6.15. The lowest BCUT2D eigenvalue weighted by Crippen LogP contribution is -2.52. The van der Waals surface area contributed by atoms with Crippen molar-refractivity contribution >= 4 is 34.5 Å². The molecule has 5 rings (SSSR count). The first-order chi connectivity index (χ1) is 18.9. The van der Waals surface area contributed by atoms with Crippen LogP contribution in [0.4, 0.5) is 15.8 Å². The number of benzene rings is 2. The van der Waals surface area contributed by atoms with Gasteiger partial charge in [-0.05, 0) is 74.4 Å². The summed E-state index contributed by atoms with van der Waals surface area (Å²) in [5.41, 5.74) is 4.20. The van der Waals surface area contributed by atoms with Gasteiger partial charge >= 0.3 is 0 Å². The van der Waals surface area contributed by atoms with E-state index in [-0.39, 0.29) is 24.3 Å². The first-order valence-electron chi connectivity index (χ1n) is 13.4. The van der Waals surface area contributed by atoms with E-state index in [0.717, 1.165) is 18.0 Å². The monoisotopic (exact) mass is 549 g/mol. The van der Waals surface area contributed by atoms with E-state index in [4.69, 9.17) is 16.3 Å². The zero-order valence-corrected chi connectivity index (χ0v) is 23.2. The Morgan fingerprint density at radius 3 is 2.62 bits per heavy atom. The van der Waals surface area contributed by atoms with Gasteiger partial charge in [0.1, 0.15) is 22.9 Å². The second-order valence-electron chi connectivity index (χ2n) is 9.72. The number of fused-ring (bicyclic) bond motifs is 1. The van der Waals surface area contributed by atoms with Gasteiger partial charge in [0.25, 0.3) is 5.91 Å². The molecule has 1 N–H and O–H groups in total. The highest BCUT2D eigenvalue weighted by Crippen LogP contribution is 2.28. The van der Waals surface area contributed by atoms with Gasteiger partial charge in [0.2, 0.25) is 0 Å². The molecule has 1 fully saturated rings. The van der Waals surface area contributed by atoms with Crippen LogP contribution in [0.1, 0.15) is 42.5 Å². The van der Waals surface area contributed by atoms with E-state index in [9.17, 15) is 4.79 Å². The molecule has 204 valence electrons. The van der Waals surface area contributed by atoms with Gasteiger partial charge in [-0.3, -0.25) is 9.20 Å². The molecule has 39 heavy (non-hydrogen) atoms. The van der Waals surface area contributed by atoms with Crippen LogP contribution >= 0.6 is 11.6 Å². The van der Waals surface area contributed by atoms with Gasteiger partial charge in [-0.2, -0.15) is 0 Å². The number of aromatic nitrogens is 2. The van der Waals surface area contributed by atoms with Crippen molar-refractivity contribution in [2.45, 2.75) is 39.8 Å². The summed E-state index contributed by atoms with van der Waals surface area (Å²) < 4.78 is 22.5. The molecule has 1 aliphatic heterocycles. The third kappa shape index (κ3) is 5.66. The SMILES string of the molecule is CCOc1ccc(N2CCN(c3ccc(CNC(=O)c4c(CC)nc5ccc(Cl)cn45)cc3F)C[C@@H]2C)cc1. The number of hydrogen-bond donors (Lipinski definition) is 1. The number of anilines is 2. The number of carbonyl (C=O) groups excluding carboxylic acids is 1. The lowest BCUT2D eigenvalue weighted by atomic mass is 10.1. The van der Waals surface area contributed by atoms with Gasteiger partial charge in [-0.15, -0.1) is 0 Å². The second-order valence-corrected chi connectivity index (χ2v) is 10.2. The van der Waals surface area contributed by atoms with E-state index in [2.05, 4.69) is 39.2 Å². The third-order valence-electron chi connectivity index (χ3n) is 7.12. The number of imidazole rings is 1. The van der Waals surface area contributed by atoms with Crippen molar-refractivity contribution in [3.63, 3.8) is 0 Å². The van der Waals surface area contributed by atoms with Crippen LogP contribution in [-0.2, 0) is 13.0 Å². The van der Waals surface area contributed by atoms with Gasteiger partial charge in [0.05, 0.1) is 23.0 Å². The highest BCUT2D eigenvalue weighted by Gasteiger charge is 2.26. The summed E-state index contributed by atoms with van der Waals surface area (Å²) in [4.78, 5) is 22.1. The number of rotatable bonds is 8. The zero-order chi connectivity index (χ0) is 27.5. The van der Waals surface area contributed by atoms with Crippen LogP contribution in [0, 0.1) is 5.82 Å². The molecular formula is C30H33ClFN5O2. The molecule has 3 heterocycles. The topological polar surface area (TPSA) is 62.1 Å². The minimum Gasteiger partial charge on any atom is -0.494 e. The van der Waals surface area contributed by atoms with E-state index in [1.54, 1.807) is 22.7 Å². The lowest BCUT2D eigenvalue weighted by molar-refractivity contribution is 0.0944. The molecule has 0 bridgehead atoms. The number of piperazine rings is 1. The minimum atomic E-state index is -0.292. The second kappa shape index (κ2) is 11.5. The number of nitrogens with one attached hydrogen (secondary N) is 1. The number of ether oxygens (including phenoxy) is 1. The summed E-state index contributed by atoms with van der Waals surface area (Å²) in [7, 11) is 0. The number of aryl methyl sites for hydroxylation is 1. The van der Waals surface area contributed by atoms with E-state index >= 15 is 4.39 Å². The Morgan fingerprint density at radius 1 is 1.13 bits per heavy atom. The maximum atomic E-state index is 15.3. The summed E-state index contributed by atoms with van der Waals surface area (Å²) in [5.74, 6) is 0.296. The van der Waals surface area contributed by atoms with Gasteiger partial charge < -0.3 is 19.9 Å². The fourth-order valence-electron chi connectivity index (χ4n) is 5.20. The molecule has 1 amide bonds. The van der Waals surface area contributed by atoms with Crippen LogP contribution in [0.25, 0.3) is 5.65 Å². The molecule has 0 unspecified atom stereocenters. The normalized spacial score (nSPS) is 15.6. The smallest absolute Gasteiger partial charge is 0.270 e. The molecule has 1 aliphatic rings. The number of nitrogens with zero attached hydrogens (tertiary/aromatic N) is 4. The Labute approximate surface area is 233 Å². The van der Waals surface area contributed by atoms with Crippen molar-refractivity contribution in [3.05, 3.63) is 88.6 Å². The van der Waals surface area contributed by atoms with Crippen LogP contribution in [-0.4, -0.2) is 47.6 Å². The fraction of sp³-hybridized carbons (Fsp3) is 0.333. The fourth-order valence-corrected chi connectivity index (χ4v) is 5.36. The van der Waals surface area contributed by atoms with E-state index in [0.29, 0.717) is 59.4 Å². The molecule has 2 aromatic carbocycles. The zero-order valence-electron chi connectivity index (χ0n) is 22.5. The van der Waals surface area contributed by atoms with Gasteiger partial charge in [0.15, 0.2) is 0 Å². The molecule has 7 nitrogen and oxygen atoms in total. The molecular weight excluding hydrogens is 517 g/mol. The molecule has 0 radical (unpaired) electrons. The van der Waals surface area contributed by atoms with Crippen LogP contribution < -0.4 is 19.9 Å². The molecule has 4 aromatic rings. The van der Waals surface area contributed by atoms with E-state index in [1.165, 1.54) is 6.07 Å². The van der Waals surface area contributed by atoms with Crippen molar-refractivity contribution < 1.29 is 13.9 Å². The van der Waals surface area contributed by atoms with Crippen LogP contribution in [0.15, 0.2) is 60.8 Å². The maximum absolute atomic E-state index is 15.3. The average molecular weight is 550 g/mol. The Hall–Kier alpha value is -3.78. The highest BCUT2D eigenvalue weighted by atomic mass is 35.5. The molecule has 1 saturated heterocycles. The summed E-state index contributed by atoms with van der Waals surface area (Å²) in [5, 5.41) is 3.44. The lowest BCUT2D eigenvalue weighted by Gasteiger charge is -2.42. The Balaban J connectivity index is 1.23.